The smallest absolute Gasteiger partial charge is 0.410 e. The minimum Gasteiger partial charge on any atom is -0.444 e. The molecule has 10 heteroatoms. The number of benzene rings is 1. The highest BCUT2D eigenvalue weighted by molar-refractivity contribution is 6.32. The van der Waals surface area contributed by atoms with Crippen molar-refractivity contribution < 1.29 is 27.9 Å². The number of carbonyl (C=O) groups excluding carboxylic acids is 1. The molecule has 2 fully saturated rings. The fourth-order valence-electron chi connectivity index (χ4n) is 4.20. The van der Waals surface area contributed by atoms with Gasteiger partial charge in [-0.25, -0.2) is 9.18 Å². The largest absolute Gasteiger partial charge is 0.444 e. The lowest BCUT2D eigenvalue weighted by atomic mass is 9.84. The average molecular weight is 445 g/mol. The van der Waals surface area contributed by atoms with Crippen LogP contribution < -0.4 is 5.46 Å². The quantitative estimate of drug-likeness (QED) is 0.667. The Kier molecular flexibility index (Phi) is 6.27. The van der Waals surface area contributed by atoms with Crippen LogP contribution in [0, 0.1) is 17.7 Å². The Morgan fingerprint density at radius 3 is 2.59 bits per heavy atom. The predicted molar refractivity (Wildman–Crippen MR) is 117 cm³/mol. The molecule has 1 aromatic heterocycles. The third kappa shape index (κ3) is 4.96. The summed E-state index contributed by atoms with van der Waals surface area (Å²) in [4.78, 5) is 18.6. The second kappa shape index (κ2) is 8.82. The number of halogens is 1. The van der Waals surface area contributed by atoms with Crippen molar-refractivity contribution in [2.24, 2.45) is 11.8 Å². The average Bonchev–Trinajstić information content (AvgIpc) is 3.16. The highest BCUT2D eigenvalue weighted by Gasteiger charge is 2.44. The molecule has 3 heterocycles. The molecule has 3 atom stereocenters. The Hall–Kier alpha value is -2.46. The molecule has 0 spiro atoms. The third-order valence-electron chi connectivity index (χ3n) is 5.67. The van der Waals surface area contributed by atoms with Crippen molar-refractivity contribution in [1.82, 2.24) is 15.0 Å². The number of carbonyl (C=O) groups is 1. The van der Waals surface area contributed by atoms with E-state index in [1.165, 1.54) is 6.07 Å². The molecule has 4 rings (SSSR count). The Bertz CT molecular complexity index is 965. The van der Waals surface area contributed by atoms with E-state index < -0.39 is 17.5 Å². The molecule has 2 aromatic rings. The molecule has 1 aromatic carbocycles. The van der Waals surface area contributed by atoms with Gasteiger partial charge in [0.2, 0.25) is 5.82 Å². The zero-order valence-electron chi connectivity index (χ0n) is 19.1. The number of ether oxygens (including phenoxy) is 3. The van der Waals surface area contributed by atoms with Crippen LogP contribution in [0.5, 0.6) is 0 Å². The maximum Gasteiger partial charge on any atom is 0.410 e. The molecule has 2 aliphatic heterocycles. The van der Waals surface area contributed by atoms with E-state index >= 15 is 0 Å². The number of fused-ring (bicyclic) bond motifs is 2. The first kappa shape index (κ1) is 22.7. The van der Waals surface area contributed by atoms with Crippen LogP contribution in [0.15, 0.2) is 22.7 Å². The zero-order chi connectivity index (χ0) is 23.0. The molecule has 0 radical (unpaired) electrons. The molecule has 0 saturated carbocycles. The van der Waals surface area contributed by atoms with Crippen molar-refractivity contribution in [3.8, 4) is 11.4 Å². The van der Waals surface area contributed by atoms with Crippen molar-refractivity contribution in [1.29, 1.82) is 0 Å². The lowest BCUT2D eigenvalue weighted by Crippen LogP contribution is -2.58. The standard InChI is InChI=1S/C22H29BFN3O5/c1-12(20-25-19(26-32-20)16-6-5-15(23)7-17(16)24)30-18-13-8-27(9-14(18)11-29-10-13)21(28)31-22(2,3)4/h5-7,12-14,18H,8-11,23H2,1-4H3. The van der Waals surface area contributed by atoms with Gasteiger partial charge in [-0.1, -0.05) is 16.7 Å². The number of nitrogens with zero attached hydrogens (tertiary/aromatic N) is 3. The summed E-state index contributed by atoms with van der Waals surface area (Å²) in [6, 6.07) is 4.87. The van der Waals surface area contributed by atoms with Gasteiger partial charge >= 0.3 is 6.09 Å². The number of piperidine rings is 1. The van der Waals surface area contributed by atoms with Crippen LogP contribution in [-0.4, -0.2) is 67.0 Å². The first-order chi connectivity index (χ1) is 15.1. The predicted octanol–water partition coefficient (Wildman–Crippen LogP) is 2.09. The summed E-state index contributed by atoms with van der Waals surface area (Å²) in [5.41, 5.74) is 0.559. The molecule has 8 nitrogen and oxygen atoms in total. The van der Waals surface area contributed by atoms with Crippen LogP contribution in [0.4, 0.5) is 9.18 Å². The van der Waals surface area contributed by atoms with Gasteiger partial charge in [0.15, 0.2) is 0 Å². The van der Waals surface area contributed by atoms with E-state index in [1.807, 2.05) is 35.5 Å². The normalized spacial score (nSPS) is 24.3. The Balaban J connectivity index is 1.43. The fourth-order valence-corrected chi connectivity index (χ4v) is 4.20. The second-order valence-electron chi connectivity index (χ2n) is 9.63. The number of hydrogen-bond acceptors (Lipinski definition) is 7. The third-order valence-corrected chi connectivity index (χ3v) is 5.67. The van der Waals surface area contributed by atoms with Gasteiger partial charge in [-0.3, -0.25) is 0 Å². The first-order valence-electron chi connectivity index (χ1n) is 10.9. The number of amides is 1. The minimum atomic E-state index is -0.545. The van der Waals surface area contributed by atoms with Crippen molar-refractivity contribution in [3.05, 3.63) is 29.9 Å². The van der Waals surface area contributed by atoms with Crippen molar-refractivity contribution >= 4 is 19.4 Å². The highest BCUT2D eigenvalue weighted by Crippen LogP contribution is 2.34. The minimum absolute atomic E-state index is 0.00871. The molecule has 32 heavy (non-hydrogen) atoms. The van der Waals surface area contributed by atoms with Gasteiger partial charge in [-0.05, 0) is 39.8 Å². The molecule has 1 amide bonds. The molecular weight excluding hydrogens is 416 g/mol. The van der Waals surface area contributed by atoms with Crippen molar-refractivity contribution in [3.63, 3.8) is 0 Å². The van der Waals surface area contributed by atoms with Crippen LogP contribution in [0.2, 0.25) is 0 Å². The number of rotatable bonds is 4. The maximum atomic E-state index is 14.3. The van der Waals surface area contributed by atoms with E-state index in [0.29, 0.717) is 26.3 Å². The number of aromatic nitrogens is 2. The van der Waals surface area contributed by atoms with Gasteiger partial charge in [-0.2, -0.15) is 4.98 Å². The zero-order valence-corrected chi connectivity index (χ0v) is 19.1. The summed E-state index contributed by atoms with van der Waals surface area (Å²) in [5, 5.41) is 3.93. The van der Waals surface area contributed by atoms with Crippen LogP contribution in [0.25, 0.3) is 11.4 Å². The van der Waals surface area contributed by atoms with Gasteiger partial charge in [0.25, 0.3) is 5.89 Å². The summed E-state index contributed by atoms with van der Waals surface area (Å²) in [6.07, 6.45) is -0.919. The van der Waals surface area contributed by atoms with E-state index in [-0.39, 0.29) is 41.3 Å². The van der Waals surface area contributed by atoms with Gasteiger partial charge in [0, 0.05) is 24.9 Å². The molecular formula is C22H29BFN3O5. The van der Waals surface area contributed by atoms with Gasteiger partial charge in [-0.15, -0.1) is 0 Å². The van der Waals surface area contributed by atoms with Gasteiger partial charge in [0.1, 0.15) is 25.4 Å². The van der Waals surface area contributed by atoms with E-state index in [1.54, 1.807) is 17.0 Å². The van der Waals surface area contributed by atoms with E-state index in [4.69, 9.17) is 18.7 Å². The van der Waals surface area contributed by atoms with Crippen LogP contribution in [0.1, 0.15) is 39.7 Å². The van der Waals surface area contributed by atoms with Gasteiger partial charge < -0.3 is 23.6 Å². The Morgan fingerprint density at radius 1 is 1.28 bits per heavy atom. The summed E-state index contributed by atoms with van der Waals surface area (Å²) in [7, 11) is 1.82. The lowest BCUT2D eigenvalue weighted by Gasteiger charge is -2.47. The van der Waals surface area contributed by atoms with Crippen LogP contribution >= 0.6 is 0 Å². The summed E-state index contributed by atoms with van der Waals surface area (Å²) >= 11 is 0. The van der Waals surface area contributed by atoms with E-state index in [0.717, 1.165) is 5.46 Å². The van der Waals surface area contributed by atoms with Crippen molar-refractivity contribution in [2.45, 2.75) is 45.5 Å². The maximum absolute atomic E-state index is 14.3. The summed E-state index contributed by atoms with van der Waals surface area (Å²) < 4.78 is 37.2. The molecule has 0 N–H and O–H groups in total. The van der Waals surface area contributed by atoms with Crippen LogP contribution in [-0.2, 0) is 14.2 Å². The van der Waals surface area contributed by atoms with E-state index in [2.05, 4.69) is 10.1 Å². The highest BCUT2D eigenvalue weighted by atomic mass is 19.1. The molecule has 172 valence electrons. The molecule has 2 saturated heterocycles. The molecule has 2 aliphatic rings. The molecule has 2 bridgehead atoms. The van der Waals surface area contributed by atoms with Crippen molar-refractivity contribution in [2.75, 3.05) is 26.3 Å². The second-order valence-corrected chi connectivity index (χ2v) is 9.63. The van der Waals surface area contributed by atoms with Gasteiger partial charge in [0.05, 0.1) is 24.9 Å². The fraction of sp³-hybridized carbons (Fsp3) is 0.591. The summed E-state index contributed by atoms with van der Waals surface area (Å²) in [6.45, 7) is 9.38. The number of likely N-dealkylation sites (tertiary alicyclic amines) is 1. The SMILES string of the molecule is Bc1ccc(-c2noc(C(C)OC3C4COCC3CN(C(=O)OC(C)(C)C)C4)n2)c(F)c1. The molecule has 3 unspecified atom stereocenters. The Labute approximate surface area is 187 Å². The lowest BCUT2D eigenvalue weighted by molar-refractivity contribution is -0.168. The first-order valence-corrected chi connectivity index (χ1v) is 10.9. The molecule has 0 aliphatic carbocycles. The number of hydrogen-bond donors (Lipinski definition) is 0. The Morgan fingerprint density at radius 2 is 1.97 bits per heavy atom. The monoisotopic (exact) mass is 445 g/mol. The van der Waals surface area contributed by atoms with Crippen LogP contribution in [0.3, 0.4) is 0 Å². The van der Waals surface area contributed by atoms with E-state index in [9.17, 15) is 9.18 Å². The summed E-state index contributed by atoms with van der Waals surface area (Å²) in [5.74, 6) is 0.0979. The topological polar surface area (TPSA) is 86.9 Å².